The lowest BCUT2D eigenvalue weighted by molar-refractivity contribution is 0.0664. The van der Waals surface area contributed by atoms with Gasteiger partial charge in [-0.05, 0) is 24.7 Å². The molecule has 2 aromatic heterocycles. The molecule has 0 aliphatic heterocycles. The Bertz CT molecular complexity index is 953. The molecule has 0 saturated heterocycles. The highest BCUT2D eigenvalue weighted by Crippen LogP contribution is 2.51. The Morgan fingerprint density at radius 3 is 2.70 bits per heavy atom. The number of nitriles is 1. The minimum atomic E-state index is -0.736. The lowest BCUT2D eigenvalue weighted by atomic mass is 9.57. The van der Waals surface area contributed by atoms with Crippen LogP contribution in [0.4, 0.5) is 0 Å². The molecule has 27 heavy (non-hydrogen) atoms. The maximum absolute atomic E-state index is 10.5. The molecule has 1 unspecified atom stereocenters. The first-order valence-corrected chi connectivity index (χ1v) is 9.01. The molecule has 4 atom stereocenters. The lowest BCUT2D eigenvalue weighted by Crippen LogP contribution is -2.47. The average Bonchev–Trinajstić information content (AvgIpc) is 2.70. The third kappa shape index (κ3) is 2.60. The van der Waals surface area contributed by atoms with E-state index in [9.17, 15) is 10.4 Å². The number of aromatic nitrogens is 4. The fourth-order valence-corrected chi connectivity index (χ4v) is 4.62. The van der Waals surface area contributed by atoms with Gasteiger partial charge in [-0.25, -0.2) is 15.0 Å². The van der Waals surface area contributed by atoms with Crippen LogP contribution >= 0.6 is 0 Å². The molecular weight excluding hydrogens is 342 g/mol. The number of hydrogen-bond donors (Lipinski definition) is 1. The first-order chi connectivity index (χ1) is 13.0. The Morgan fingerprint density at radius 2 is 2.04 bits per heavy atom. The van der Waals surface area contributed by atoms with Gasteiger partial charge in [0.25, 0.3) is 0 Å². The van der Waals surface area contributed by atoms with Crippen LogP contribution in [-0.4, -0.2) is 38.3 Å². The molecule has 7 nitrogen and oxygen atoms in total. The first kappa shape index (κ1) is 17.6. The van der Waals surface area contributed by atoms with Gasteiger partial charge >= 0.3 is 0 Å². The van der Waals surface area contributed by atoms with Crippen molar-refractivity contribution in [3.8, 4) is 23.3 Å². The van der Waals surface area contributed by atoms with E-state index in [0.717, 1.165) is 24.1 Å². The Morgan fingerprint density at radius 1 is 1.30 bits per heavy atom. The molecule has 0 radical (unpaired) electrons. The maximum Gasteiger partial charge on any atom is 0.220 e. The zero-order valence-corrected chi connectivity index (χ0v) is 15.5. The molecule has 0 fully saturated rings. The Kier molecular flexibility index (Phi) is 4.16. The fourth-order valence-electron chi connectivity index (χ4n) is 4.62. The van der Waals surface area contributed by atoms with Crippen LogP contribution in [0.5, 0.6) is 5.88 Å². The summed E-state index contributed by atoms with van der Waals surface area (Å²) < 4.78 is 5.57. The number of aliphatic hydroxyl groups is 1. The van der Waals surface area contributed by atoms with Crippen molar-refractivity contribution in [1.29, 1.82) is 5.26 Å². The maximum atomic E-state index is 10.5. The molecule has 2 aromatic rings. The van der Waals surface area contributed by atoms with E-state index in [2.05, 4.69) is 27.9 Å². The Labute approximate surface area is 157 Å². The number of allylic oxidation sites excluding steroid dienone is 1. The van der Waals surface area contributed by atoms with Crippen molar-refractivity contribution in [3.05, 3.63) is 41.6 Å². The van der Waals surface area contributed by atoms with Crippen molar-refractivity contribution in [2.75, 3.05) is 7.11 Å². The lowest BCUT2D eigenvalue weighted by Gasteiger charge is -2.47. The van der Waals surface area contributed by atoms with E-state index in [-0.39, 0.29) is 11.8 Å². The van der Waals surface area contributed by atoms with Crippen LogP contribution in [0.15, 0.2) is 30.4 Å². The van der Waals surface area contributed by atoms with Gasteiger partial charge in [-0.3, -0.25) is 0 Å². The highest BCUT2D eigenvalue weighted by Gasteiger charge is 2.49. The first-order valence-electron chi connectivity index (χ1n) is 9.01. The highest BCUT2D eigenvalue weighted by atomic mass is 16.5. The van der Waals surface area contributed by atoms with E-state index in [1.807, 2.05) is 13.0 Å². The third-order valence-corrected chi connectivity index (χ3v) is 6.00. The number of hydrogen-bond acceptors (Lipinski definition) is 7. The summed E-state index contributed by atoms with van der Waals surface area (Å²) in [5.41, 5.74) is 2.46. The van der Waals surface area contributed by atoms with E-state index in [4.69, 9.17) is 9.72 Å². The minimum absolute atomic E-state index is 0.0349. The summed E-state index contributed by atoms with van der Waals surface area (Å²) in [6, 6.07) is 2.16. The molecule has 4 rings (SSSR count). The van der Waals surface area contributed by atoms with Gasteiger partial charge < -0.3 is 9.84 Å². The van der Waals surface area contributed by atoms with Crippen molar-refractivity contribution in [2.45, 2.75) is 38.2 Å². The molecule has 0 aromatic carbocycles. The number of methoxy groups -OCH3 is 1. The molecule has 2 aliphatic carbocycles. The molecule has 1 N–H and O–H groups in total. The van der Waals surface area contributed by atoms with Crippen LogP contribution in [0.1, 0.15) is 31.5 Å². The van der Waals surface area contributed by atoms with E-state index in [0.29, 0.717) is 22.8 Å². The van der Waals surface area contributed by atoms with Gasteiger partial charge in [0.05, 0.1) is 36.1 Å². The third-order valence-electron chi connectivity index (χ3n) is 6.00. The molecule has 2 aliphatic rings. The topological polar surface area (TPSA) is 105 Å². The van der Waals surface area contributed by atoms with E-state index in [1.54, 1.807) is 19.5 Å². The zero-order valence-electron chi connectivity index (χ0n) is 15.5. The van der Waals surface area contributed by atoms with Gasteiger partial charge in [0.1, 0.15) is 6.33 Å². The average molecular weight is 363 g/mol. The Hall–Kier alpha value is -2.85. The largest absolute Gasteiger partial charge is 0.481 e. The standard InChI is InChI=1S/C20H21N5O2/c1-11-15-5-4-14-17(20(15,2)6-12(7-21)16(11)26)24-18(25-19(14)27-3)13-8-22-10-23-9-13/h6,8-11,15-16,26H,4-5H2,1-3H3/t11-,15-,16?,20-/m0/s1. The van der Waals surface area contributed by atoms with Crippen LogP contribution in [0.3, 0.4) is 0 Å². The quantitative estimate of drug-likeness (QED) is 0.872. The van der Waals surface area contributed by atoms with Gasteiger partial charge in [-0.1, -0.05) is 19.9 Å². The molecular formula is C20H21N5O2. The number of aliphatic hydroxyl groups excluding tert-OH is 1. The SMILES string of the molecule is COc1nc(-c2cncnc2)nc2c1CC[C@H]1[C@H](C)C(O)C(C#N)=C[C@]21C. The van der Waals surface area contributed by atoms with Crippen molar-refractivity contribution < 1.29 is 9.84 Å². The van der Waals surface area contributed by atoms with Gasteiger partial charge in [-0.2, -0.15) is 10.2 Å². The predicted molar refractivity (Wildman–Crippen MR) is 97.6 cm³/mol. The zero-order chi connectivity index (χ0) is 19.2. The van der Waals surface area contributed by atoms with Crippen LogP contribution in [-0.2, 0) is 11.8 Å². The summed E-state index contributed by atoms with van der Waals surface area (Å²) in [4.78, 5) is 17.5. The normalized spacial score (nSPS) is 29.1. The van der Waals surface area contributed by atoms with Crippen LogP contribution in [0.25, 0.3) is 11.4 Å². The molecule has 0 saturated carbocycles. The van der Waals surface area contributed by atoms with Crippen molar-refractivity contribution in [1.82, 2.24) is 19.9 Å². The van der Waals surface area contributed by atoms with E-state index >= 15 is 0 Å². The van der Waals surface area contributed by atoms with Crippen molar-refractivity contribution in [3.63, 3.8) is 0 Å². The fraction of sp³-hybridized carbons (Fsp3) is 0.450. The van der Waals surface area contributed by atoms with Crippen LogP contribution in [0.2, 0.25) is 0 Å². The summed E-state index contributed by atoms with van der Waals surface area (Å²) in [5, 5.41) is 20.0. The van der Waals surface area contributed by atoms with Crippen molar-refractivity contribution >= 4 is 0 Å². The van der Waals surface area contributed by atoms with Crippen molar-refractivity contribution in [2.24, 2.45) is 11.8 Å². The minimum Gasteiger partial charge on any atom is -0.481 e. The second-order valence-corrected chi connectivity index (χ2v) is 7.45. The second-order valence-electron chi connectivity index (χ2n) is 7.45. The van der Waals surface area contributed by atoms with Crippen LogP contribution in [0, 0.1) is 23.2 Å². The number of fused-ring (bicyclic) bond motifs is 3. The van der Waals surface area contributed by atoms with E-state index < -0.39 is 11.5 Å². The molecule has 0 spiro atoms. The molecule has 138 valence electrons. The number of rotatable bonds is 2. The van der Waals surface area contributed by atoms with Gasteiger partial charge in [0.15, 0.2) is 5.82 Å². The van der Waals surface area contributed by atoms with Gasteiger partial charge in [-0.15, -0.1) is 0 Å². The van der Waals surface area contributed by atoms with Gasteiger partial charge in [0.2, 0.25) is 5.88 Å². The summed E-state index contributed by atoms with van der Waals surface area (Å²) in [6.07, 6.45) is 7.60. The smallest absolute Gasteiger partial charge is 0.220 e. The molecule has 7 heteroatoms. The molecule has 0 bridgehead atoms. The number of ether oxygens (including phenoxy) is 1. The van der Waals surface area contributed by atoms with Crippen LogP contribution < -0.4 is 4.74 Å². The highest BCUT2D eigenvalue weighted by molar-refractivity contribution is 5.56. The molecule has 2 heterocycles. The summed E-state index contributed by atoms with van der Waals surface area (Å²) in [5.74, 6) is 1.19. The van der Waals surface area contributed by atoms with Gasteiger partial charge in [0, 0.05) is 23.4 Å². The predicted octanol–water partition coefficient (Wildman–Crippen LogP) is 2.22. The molecule has 0 amide bonds. The monoisotopic (exact) mass is 363 g/mol. The summed E-state index contributed by atoms with van der Waals surface area (Å²) in [6.45, 7) is 4.10. The second kappa shape index (κ2) is 6.39. The van der Waals surface area contributed by atoms with E-state index in [1.165, 1.54) is 6.33 Å². The summed E-state index contributed by atoms with van der Waals surface area (Å²) in [7, 11) is 1.60. The number of nitrogens with zero attached hydrogens (tertiary/aromatic N) is 5. The Balaban J connectivity index is 1.96. The summed E-state index contributed by atoms with van der Waals surface area (Å²) >= 11 is 0.